The first-order valence-electron chi connectivity index (χ1n) is 9.00. The van der Waals surface area contributed by atoms with Crippen molar-refractivity contribution in [2.45, 2.75) is 12.5 Å². The van der Waals surface area contributed by atoms with Crippen LogP contribution >= 0.6 is 23.2 Å². The van der Waals surface area contributed by atoms with Crippen molar-refractivity contribution in [2.75, 3.05) is 5.01 Å². The second-order valence-corrected chi connectivity index (χ2v) is 7.51. The fraction of sp³-hybridized carbons (Fsp3) is 0.0870. The Morgan fingerprint density at radius 2 is 1.48 bits per heavy atom. The van der Waals surface area contributed by atoms with Crippen LogP contribution in [0.4, 0.5) is 14.5 Å². The van der Waals surface area contributed by atoms with Crippen LogP contribution in [0.15, 0.2) is 77.9 Å². The van der Waals surface area contributed by atoms with Crippen molar-refractivity contribution in [2.24, 2.45) is 5.10 Å². The minimum absolute atomic E-state index is 0.110. The third kappa shape index (κ3) is 4.50. The van der Waals surface area contributed by atoms with Gasteiger partial charge in [-0.15, -0.1) is 0 Å². The monoisotopic (exact) mass is 428 g/mol. The van der Waals surface area contributed by atoms with Gasteiger partial charge in [-0.1, -0.05) is 53.5 Å². The summed E-state index contributed by atoms with van der Waals surface area (Å²) in [7, 11) is 0. The van der Waals surface area contributed by atoms with E-state index in [4.69, 9.17) is 28.3 Å². The van der Waals surface area contributed by atoms with E-state index < -0.39 is 0 Å². The lowest BCUT2D eigenvalue weighted by Crippen LogP contribution is -2.18. The van der Waals surface area contributed by atoms with E-state index in [-0.39, 0.29) is 17.7 Å². The fourth-order valence-electron chi connectivity index (χ4n) is 3.21. The number of rotatable bonds is 4. The zero-order valence-corrected chi connectivity index (χ0v) is 16.7. The molecule has 29 heavy (non-hydrogen) atoms. The van der Waals surface area contributed by atoms with Gasteiger partial charge in [-0.3, -0.25) is 5.01 Å². The first kappa shape index (κ1) is 19.6. The van der Waals surface area contributed by atoms with Crippen LogP contribution in [0.2, 0.25) is 10.0 Å². The number of halogens is 4. The lowest BCUT2D eigenvalue weighted by molar-refractivity contribution is 0.624. The number of allylic oxidation sites excluding steroid dienone is 1. The van der Waals surface area contributed by atoms with Gasteiger partial charge >= 0.3 is 0 Å². The summed E-state index contributed by atoms with van der Waals surface area (Å²) in [5.74, 6) is -0.562. The molecule has 1 aliphatic heterocycles. The van der Waals surface area contributed by atoms with Crippen LogP contribution in [0.5, 0.6) is 0 Å². The van der Waals surface area contributed by atoms with Crippen molar-refractivity contribution in [3.63, 3.8) is 0 Å². The van der Waals surface area contributed by atoms with Crippen molar-refractivity contribution >= 4 is 40.7 Å². The number of anilines is 1. The van der Waals surface area contributed by atoms with Crippen LogP contribution in [-0.2, 0) is 0 Å². The van der Waals surface area contributed by atoms with E-state index in [1.54, 1.807) is 36.4 Å². The Kier molecular flexibility index (Phi) is 5.65. The summed E-state index contributed by atoms with van der Waals surface area (Å²) in [6, 6.07) is 17.9. The molecule has 0 bridgehead atoms. The molecule has 0 saturated heterocycles. The molecule has 0 spiro atoms. The smallest absolute Gasteiger partial charge is 0.123 e. The molecular weight excluding hydrogens is 413 g/mol. The van der Waals surface area contributed by atoms with Gasteiger partial charge in [-0.2, -0.15) is 5.10 Å². The Hall–Kier alpha value is -2.69. The van der Waals surface area contributed by atoms with Gasteiger partial charge < -0.3 is 0 Å². The molecule has 0 fully saturated rings. The highest BCUT2D eigenvalue weighted by Gasteiger charge is 2.28. The van der Waals surface area contributed by atoms with Gasteiger partial charge in [0.15, 0.2) is 0 Å². The zero-order valence-electron chi connectivity index (χ0n) is 15.2. The first-order chi connectivity index (χ1) is 14.0. The summed E-state index contributed by atoms with van der Waals surface area (Å²) >= 11 is 12.2. The largest absolute Gasteiger partial charge is 0.257 e. The van der Waals surface area contributed by atoms with E-state index in [0.717, 1.165) is 22.5 Å². The van der Waals surface area contributed by atoms with E-state index in [1.165, 1.54) is 24.3 Å². The van der Waals surface area contributed by atoms with Crippen molar-refractivity contribution in [3.05, 3.63) is 106 Å². The number of hydrogen-bond acceptors (Lipinski definition) is 2. The SMILES string of the molecule is Fc1ccc(C=CC2=NN(c3ccc(Cl)c(Cl)c3)C(c3ccc(F)cc3)C2)cc1. The van der Waals surface area contributed by atoms with E-state index >= 15 is 0 Å². The number of nitrogens with zero attached hydrogens (tertiary/aromatic N) is 2. The molecule has 0 radical (unpaired) electrons. The summed E-state index contributed by atoms with van der Waals surface area (Å²) in [5.41, 5.74) is 3.44. The Labute approximate surface area is 177 Å². The molecule has 0 saturated carbocycles. The normalized spacial score (nSPS) is 16.5. The minimum Gasteiger partial charge on any atom is -0.257 e. The summed E-state index contributed by atoms with van der Waals surface area (Å²) in [6.07, 6.45) is 4.42. The van der Waals surface area contributed by atoms with E-state index in [1.807, 2.05) is 23.2 Å². The Morgan fingerprint density at radius 1 is 0.828 bits per heavy atom. The van der Waals surface area contributed by atoms with Crippen LogP contribution in [0, 0.1) is 11.6 Å². The molecule has 3 aromatic rings. The van der Waals surface area contributed by atoms with Crippen molar-refractivity contribution in [1.82, 2.24) is 0 Å². The fourth-order valence-corrected chi connectivity index (χ4v) is 3.50. The molecule has 1 aliphatic rings. The molecule has 1 atom stereocenters. The molecule has 0 aromatic heterocycles. The molecule has 2 nitrogen and oxygen atoms in total. The topological polar surface area (TPSA) is 15.6 Å². The predicted molar refractivity (Wildman–Crippen MR) is 116 cm³/mol. The quantitative estimate of drug-likeness (QED) is 0.425. The summed E-state index contributed by atoms with van der Waals surface area (Å²) in [4.78, 5) is 0. The molecule has 146 valence electrons. The van der Waals surface area contributed by atoms with Crippen LogP contribution in [0.25, 0.3) is 6.08 Å². The average Bonchev–Trinajstić information content (AvgIpc) is 3.14. The first-order valence-corrected chi connectivity index (χ1v) is 9.76. The van der Waals surface area contributed by atoms with Gasteiger partial charge in [0.05, 0.1) is 27.5 Å². The van der Waals surface area contributed by atoms with Crippen LogP contribution in [0.1, 0.15) is 23.6 Å². The summed E-state index contributed by atoms with van der Waals surface area (Å²) in [6.45, 7) is 0. The van der Waals surface area contributed by atoms with Crippen LogP contribution in [-0.4, -0.2) is 5.71 Å². The van der Waals surface area contributed by atoms with Gasteiger partial charge in [0.2, 0.25) is 0 Å². The van der Waals surface area contributed by atoms with E-state index in [0.29, 0.717) is 16.5 Å². The highest BCUT2D eigenvalue weighted by molar-refractivity contribution is 6.42. The van der Waals surface area contributed by atoms with Crippen LogP contribution < -0.4 is 5.01 Å². The molecule has 3 aromatic carbocycles. The van der Waals surface area contributed by atoms with E-state index in [2.05, 4.69) is 0 Å². The third-order valence-electron chi connectivity index (χ3n) is 4.69. The van der Waals surface area contributed by atoms with Crippen molar-refractivity contribution < 1.29 is 8.78 Å². The zero-order chi connectivity index (χ0) is 20.4. The Balaban J connectivity index is 1.66. The maximum Gasteiger partial charge on any atom is 0.123 e. The van der Waals surface area contributed by atoms with Crippen molar-refractivity contribution in [3.8, 4) is 0 Å². The number of benzene rings is 3. The van der Waals surface area contributed by atoms with Crippen molar-refractivity contribution in [1.29, 1.82) is 0 Å². The van der Waals surface area contributed by atoms with Gasteiger partial charge in [0.1, 0.15) is 11.6 Å². The van der Waals surface area contributed by atoms with E-state index in [9.17, 15) is 8.78 Å². The Morgan fingerprint density at radius 3 is 2.14 bits per heavy atom. The predicted octanol–water partition coefficient (Wildman–Crippen LogP) is 7.29. The molecule has 4 rings (SSSR count). The second-order valence-electron chi connectivity index (χ2n) is 6.69. The third-order valence-corrected chi connectivity index (χ3v) is 5.43. The summed E-state index contributed by atoms with van der Waals surface area (Å²) in [5, 5.41) is 7.50. The molecular formula is C23H16Cl2F2N2. The maximum atomic E-state index is 13.4. The summed E-state index contributed by atoms with van der Waals surface area (Å²) < 4.78 is 26.5. The maximum absolute atomic E-state index is 13.4. The number of hydrogen-bond donors (Lipinski definition) is 0. The van der Waals surface area contributed by atoms with Gasteiger partial charge in [0.25, 0.3) is 0 Å². The van der Waals surface area contributed by atoms with Gasteiger partial charge in [0, 0.05) is 6.42 Å². The van der Waals surface area contributed by atoms with Gasteiger partial charge in [-0.05, 0) is 59.7 Å². The average molecular weight is 429 g/mol. The lowest BCUT2D eigenvalue weighted by Gasteiger charge is -2.24. The molecule has 0 N–H and O–H groups in total. The molecule has 0 amide bonds. The standard InChI is InChI=1S/C23H16Cl2F2N2/c24-21-12-11-20(14-22(21)25)29-23(16-4-8-18(27)9-5-16)13-19(28-29)10-3-15-1-6-17(26)7-2-15/h1-12,14,23H,13H2. The van der Waals surface area contributed by atoms with Crippen LogP contribution in [0.3, 0.4) is 0 Å². The minimum atomic E-state index is -0.287. The molecule has 1 unspecified atom stereocenters. The Bertz CT molecular complexity index is 1080. The molecule has 6 heteroatoms. The lowest BCUT2D eigenvalue weighted by atomic mass is 10.0. The van der Waals surface area contributed by atoms with Gasteiger partial charge in [-0.25, -0.2) is 8.78 Å². The highest BCUT2D eigenvalue weighted by atomic mass is 35.5. The molecule has 0 aliphatic carbocycles. The number of hydrazone groups is 1. The second kappa shape index (κ2) is 8.36. The molecule has 1 heterocycles. The highest BCUT2D eigenvalue weighted by Crippen LogP contribution is 2.38.